The topological polar surface area (TPSA) is 114 Å². The fourth-order valence-corrected chi connectivity index (χ4v) is 5.13. The van der Waals surface area contributed by atoms with Crippen LogP contribution in [-0.2, 0) is 22.5 Å². The number of carbonyl (C=O) groups excluding carboxylic acids is 2. The number of nitrogens with two attached hydrogens (primary N) is 1. The molecule has 4 rings (SSSR count). The van der Waals surface area contributed by atoms with Crippen LogP contribution in [0.25, 0.3) is 11.0 Å². The summed E-state index contributed by atoms with van der Waals surface area (Å²) in [4.78, 5) is 32.0. The summed E-state index contributed by atoms with van der Waals surface area (Å²) >= 11 is 0. The second-order valence-electron chi connectivity index (χ2n) is 9.79. The van der Waals surface area contributed by atoms with E-state index < -0.39 is 0 Å². The van der Waals surface area contributed by atoms with Gasteiger partial charge in [-0.1, -0.05) is 43.5 Å². The number of amidine groups is 1. The van der Waals surface area contributed by atoms with Gasteiger partial charge in [0, 0.05) is 43.6 Å². The summed E-state index contributed by atoms with van der Waals surface area (Å²) in [5, 5.41) is 7.62. The third-order valence-electron chi connectivity index (χ3n) is 7.21. The second-order valence-corrected chi connectivity index (χ2v) is 9.79. The molecule has 37 heavy (non-hydrogen) atoms. The predicted molar refractivity (Wildman–Crippen MR) is 145 cm³/mol. The Labute approximate surface area is 218 Å². The molecule has 1 aliphatic carbocycles. The van der Waals surface area contributed by atoms with Crippen molar-refractivity contribution in [2.45, 2.75) is 70.9 Å². The lowest BCUT2D eigenvalue weighted by Gasteiger charge is -2.31. The molecule has 1 aliphatic rings. The number of benzene rings is 2. The second kappa shape index (κ2) is 12.0. The molecule has 0 unspecified atom stereocenters. The molecule has 1 aromatic heterocycles. The average molecular weight is 504 g/mol. The first-order valence-electron chi connectivity index (χ1n) is 13.2. The molecule has 3 aromatic rings. The smallest absolute Gasteiger partial charge is 0.305 e. The highest BCUT2D eigenvalue weighted by Crippen LogP contribution is 2.25. The van der Waals surface area contributed by atoms with Crippen LogP contribution < -0.4 is 5.73 Å². The molecule has 8 heteroatoms. The Morgan fingerprint density at radius 3 is 2.49 bits per heavy atom. The summed E-state index contributed by atoms with van der Waals surface area (Å²) in [5.41, 5.74) is 9.68. The fraction of sp³-hybridized carbons (Fsp3) is 0.448. The lowest BCUT2D eigenvalue weighted by molar-refractivity contribution is -0.143. The lowest BCUT2D eigenvalue weighted by Crippen LogP contribution is -2.38. The van der Waals surface area contributed by atoms with Crippen molar-refractivity contribution in [3.05, 3.63) is 65.0 Å². The maximum atomic E-state index is 13.3. The van der Waals surface area contributed by atoms with Crippen LogP contribution in [0.15, 0.2) is 42.5 Å². The molecule has 196 valence electrons. The standard InChI is InChI=1S/C29H37N5O3/c1-3-37-27(35)10-7-17-34-25-16-15-22(29(36)33(2)23-8-5-4-6-9-23)19-24(25)32-26(34)18-20-11-13-21(14-12-20)28(30)31/h11-16,19,23H,3-10,17-18H2,1-2H3,(H3,30,31). The first kappa shape index (κ1) is 26.4. The van der Waals surface area contributed by atoms with E-state index in [0.29, 0.717) is 49.6 Å². The van der Waals surface area contributed by atoms with Gasteiger partial charge in [0.15, 0.2) is 0 Å². The number of hydrogen-bond donors (Lipinski definition) is 2. The van der Waals surface area contributed by atoms with E-state index in [1.807, 2.05) is 54.4 Å². The van der Waals surface area contributed by atoms with E-state index in [0.717, 1.165) is 35.3 Å². The van der Waals surface area contributed by atoms with Crippen LogP contribution in [0.1, 0.15) is 79.2 Å². The molecule has 0 saturated heterocycles. The van der Waals surface area contributed by atoms with Crippen molar-refractivity contribution in [2.24, 2.45) is 5.73 Å². The maximum Gasteiger partial charge on any atom is 0.305 e. The number of nitrogen functional groups attached to an aromatic ring is 1. The fourth-order valence-electron chi connectivity index (χ4n) is 5.13. The zero-order chi connectivity index (χ0) is 26.4. The number of aromatic nitrogens is 2. The van der Waals surface area contributed by atoms with Crippen LogP contribution in [-0.4, -0.2) is 51.9 Å². The van der Waals surface area contributed by atoms with Crippen molar-refractivity contribution >= 4 is 28.7 Å². The van der Waals surface area contributed by atoms with Crippen LogP contribution in [0.2, 0.25) is 0 Å². The summed E-state index contributed by atoms with van der Waals surface area (Å²) in [6.07, 6.45) is 7.27. The number of amides is 1. The monoisotopic (exact) mass is 503 g/mol. The Kier molecular flexibility index (Phi) is 8.58. The highest BCUT2D eigenvalue weighted by Gasteiger charge is 2.24. The minimum Gasteiger partial charge on any atom is -0.466 e. The Hall–Kier alpha value is -3.68. The zero-order valence-electron chi connectivity index (χ0n) is 21.8. The van der Waals surface area contributed by atoms with E-state index >= 15 is 0 Å². The van der Waals surface area contributed by atoms with E-state index in [1.54, 1.807) is 6.92 Å². The molecule has 0 bridgehead atoms. The number of carbonyl (C=O) groups is 2. The molecule has 0 spiro atoms. The van der Waals surface area contributed by atoms with Gasteiger partial charge in [-0.2, -0.15) is 0 Å². The highest BCUT2D eigenvalue weighted by atomic mass is 16.5. The van der Waals surface area contributed by atoms with E-state index in [4.69, 9.17) is 20.9 Å². The minimum absolute atomic E-state index is 0.0343. The van der Waals surface area contributed by atoms with Gasteiger partial charge in [-0.05, 0) is 49.9 Å². The maximum absolute atomic E-state index is 13.3. The van der Waals surface area contributed by atoms with Crippen molar-refractivity contribution in [1.29, 1.82) is 5.41 Å². The molecular formula is C29H37N5O3. The number of nitrogens with one attached hydrogen (secondary N) is 1. The van der Waals surface area contributed by atoms with Crippen molar-refractivity contribution in [2.75, 3.05) is 13.7 Å². The summed E-state index contributed by atoms with van der Waals surface area (Å²) in [7, 11) is 1.91. The predicted octanol–water partition coefficient (Wildman–Crippen LogP) is 4.66. The molecule has 3 N–H and O–H groups in total. The largest absolute Gasteiger partial charge is 0.466 e. The summed E-state index contributed by atoms with van der Waals surface area (Å²) in [6, 6.07) is 13.6. The molecule has 0 radical (unpaired) electrons. The van der Waals surface area contributed by atoms with Crippen LogP contribution in [0.3, 0.4) is 0 Å². The minimum atomic E-state index is -0.202. The molecule has 1 heterocycles. The van der Waals surface area contributed by atoms with Crippen LogP contribution in [0.4, 0.5) is 0 Å². The van der Waals surface area contributed by atoms with Crippen molar-refractivity contribution < 1.29 is 14.3 Å². The highest BCUT2D eigenvalue weighted by molar-refractivity contribution is 5.97. The molecule has 2 aromatic carbocycles. The summed E-state index contributed by atoms with van der Waals surface area (Å²) in [6.45, 7) is 2.80. The number of nitrogens with zero attached hydrogens (tertiary/aromatic N) is 3. The van der Waals surface area contributed by atoms with Crippen molar-refractivity contribution in [3.8, 4) is 0 Å². The van der Waals surface area contributed by atoms with E-state index in [-0.39, 0.29) is 17.7 Å². The Balaban J connectivity index is 1.60. The van der Waals surface area contributed by atoms with Crippen molar-refractivity contribution in [1.82, 2.24) is 14.5 Å². The molecule has 8 nitrogen and oxygen atoms in total. The number of ether oxygens (including phenoxy) is 1. The first-order valence-corrected chi connectivity index (χ1v) is 13.2. The van der Waals surface area contributed by atoms with Crippen LogP contribution in [0.5, 0.6) is 0 Å². The van der Waals surface area contributed by atoms with Crippen molar-refractivity contribution in [3.63, 3.8) is 0 Å². The Morgan fingerprint density at radius 1 is 1.11 bits per heavy atom. The van der Waals surface area contributed by atoms with Crippen LogP contribution in [0, 0.1) is 5.41 Å². The number of rotatable bonds is 10. The SMILES string of the molecule is CCOC(=O)CCCn1c(Cc2ccc(C(=N)N)cc2)nc2cc(C(=O)N(C)C3CCCCC3)ccc21. The summed E-state index contributed by atoms with van der Waals surface area (Å²) in [5.74, 6) is 0.728. The van der Waals surface area contributed by atoms with Gasteiger partial charge in [0.2, 0.25) is 0 Å². The number of hydrogen-bond acceptors (Lipinski definition) is 5. The molecule has 0 atom stereocenters. The number of aryl methyl sites for hydroxylation is 1. The molecular weight excluding hydrogens is 466 g/mol. The normalized spacial score (nSPS) is 14.0. The number of esters is 1. The third-order valence-corrected chi connectivity index (χ3v) is 7.21. The first-order chi connectivity index (χ1) is 17.9. The van der Waals surface area contributed by atoms with Gasteiger partial charge in [0.1, 0.15) is 11.7 Å². The van der Waals surface area contributed by atoms with E-state index in [1.165, 1.54) is 19.3 Å². The van der Waals surface area contributed by atoms with Gasteiger partial charge in [-0.25, -0.2) is 4.98 Å². The van der Waals surface area contributed by atoms with Gasteiger partial charge in [0.05, 0.1) is 17.6 Å². The summed E-state index contributed by atoms with van der Waals surface area (Å²) < 4.78 is 7.22. The molecule has 1 saturated carbocycles. The van der Waals surface area contributed by atoms with E-state index in [2.05, 4.69) is 4.57 Å². The van der Waals surface area contributed by atoms with Gasteiger partial charge < -0.3 is 19.9 Å². The molecule has 1 amide bonds. The van der Waals surface area contributed by atoms with Gasteiger partial charge >= 0.3 is 5.97 Å². The average Bonchev–Trinajstić information content (AvgIpc) is 3.24. The van der Waals surface area contributed by atoms with Gasteiger partial charge in [0.25, 0.3) is 5.91 Å². The Bertz CT molecular complexity index is 1260. The van der Waals surface area contributed by atoms with Crippen LogP contribution >= 0.6 is 0 Å². The Morgan fingerprint density at radius 2 is 1.81 bits per heavy atom. The lowest BCUT2D eigenvalue weighted by atomic mass is 9.94. The van der Waals surface area contributed by atoms with Gasteiger partial charge in [-0.15, -0.1) is 0 Å². The number of imidazole rings is 1. The zero-order valence-corrected chi connectivity index (χ0v) is 21.8. The molecule has 1 fully saturated rings. The van der Waals surface area contributed by atoms with Gasteiger partial charge in [-0.3, -0.25) is 15.0 Å². The van der Waals surface area contributed by atoms with E-state index in [9.17, 15) is 9.59 Å². The molecule has 0 aliphatic heterocycles. The quantitative estimate of drug-likeness (QED) is 0.237. The number of fused-ring (bicyclic) bond motifs is 1. The third kappa shape index (κ3) is 6.37.